The molecule has 0 radical (unpaired) electrons. The van der Waals surface area contributed by atoms with Gasteiger partial charge in [-0.05, 0) is 30.7 Å². The zero-order chi connectivity index (χ0) is 17.6. The van der Waals surface area contributed by atoms with Crippen molar-refractivity contribution in [3.8, 4) is 0 Å². The number of hydrogen-bond donors (Lipinski definition) is 0. The summed E-state index contributed by atoms with van der Waals surface area (Å²) in [4.78, 5) is 22.8. The lowest BCUT2D eigenvalue weighted by molar-refractivity contribution is 0.0785. The maximum Gasteiger partial charge on any atom is 0.256 e. The van der Waals surface area contributed by atoms with Crippen molar-refractivity contribution < 1.29 is 13.6 Å². The molecule has 1 atom stereocenters. The SMILES string of the molecule is Cn1c(C2CCN(C(=O)c3cc(F)ccc3F)C2)nc2ccncc21. The quantitative estimate of drug-likeness (QED) is 0.720. The molecule has 0 aliphatic carbocycles. The number of nitrogens with zero attached hydrogens (tertiary/aromatic N) is 4. The first-order valence-electron chi connectivity index (χ1n) is 8.05. The standard InChI is InChI=1S/C18H16F2N4O/c1-23-16-9-21-6-4-15(16)22-17(23)11-5-7-24(10-11)18(25)13-8-12(19)2-3-14(13)20/h2-4,6,8-9,11H,5,7,10H2,1H3. The molecule has 5 nitrogen and oxygen atoms in total. The fraction of sp³-hybridized carbons (Fsp3) is 0.278. The molecular formula is C18H16F2N4O. The van der Waals surface area contributed by atoms with Gasteiger partial charge in [0.25, 0.3) is 5.91 Å². The van der Waals surface area contributed by atoms with E-state index in [0.29, 0.717) is 13.1 Å². The Bertz CT molecular complexity index is 969. The number of pyridine rings is 1. The second kappa shape index (κ2) is 5.91. The van der Waals surface area contributed by atoms with Crippen LogP contribution in [0.3, 0.4) is 0 Å². The lowest BCUT2D eigenvalue weighted by atomic mass is 10.1. The van der Waals surface area contributed by atoms with Gasteiger partial charge in [0.2, 0.25) is 0 Å². The van der Waals surface area contributed by atoms with E-state index in [4.69, 9.17) is 0 Å². The van der Waals surface area contributed by atoms with E-state index in [1.165, 1.54) is 0 Å². The Balaban J connectivity index is 1.59. The Morgan fingerprint density at radius 3 is 2.92 bits per heavy atom. The first-order chi connectivity index (χ1) is 12.0. The Morgan fingerprint density at radius 1 is 1.28 bits per heavy atom. The van der Waals surface area contributed by atoms with Crippen LogP contribution in [0.15, 0.2) is 36.7 Å². The molecule has 25 heavy (non-hydrogen) atoms. The Kier molecular flexibility index (Phi) is 3.71. The molecule has 0 N–H and O–H groups in total. The van der Waals surface area contributed by atoms with Crippen molar-refractivity contribution in [1.29, 1.82) is 0 Å². The summed E-state index contributed by atoms with van der Waals surface area (Å²) in [5, 5.41) is 0. The van der Waals surface area contributed by atoms with Crippen molar-refractivity contribution in [2.24, 2.45) is 7.05 Å². The normalized spacial score (nSPS) is 17.4. The molecule has 1 aromatic carbocycles. The number of amides is 1. The number of carbonyl (C=O) groups excluding carboxylic acids is 1. The van der Waals surface area contributed by atoms with Crippen molar-refractivity contribution in [2.45, 2.75) is 12.3 Å². The van der Waals surface area contributed by atoms with E-state index in [0.717, 1.165) is 41.5 Å². The number of hydrogen-bond acceptors (Lipinski definition) is 3. The number of fused-ring (bicyclic) bond motifs is 1. The summed E-state index contributed by atoms with van der Waals surface area (Å²) in [7, 11) is 1.92. The zero-order valence-electron chi connectivity index (χ0n) is 13.6. The Labute approximate surface area is 142 Å². The molecule has 4 rings (SSSR count). The summed E-state index contributed by atoms with van der Waals surface area (Å²) in [6.07, 6.45) is 4.18. The van der Waals surface area contributed by atoms with Crippen LogP contribution in [0.2, 0.25) is 0 Å². The molecular weight excluding hydrogens is 326 g/mol. The highest BCUT2D eigenvalue weighted by atomic mass is 19.1. The lowest BCUT2D eigenvalue weighted by Crippen LogP contribution is -2.29. The summed E-state index contributed by atoms with van der Waals surface area (Å²) in [6, 6.07) is 4.78. The number of rotatable bonds is 2. The van der Waals surface area contributed by atoms with E-state index < -0.39 is 17.5 Å². The van der Waals surface area contributed by atoms with Gasteiger partial charge in [0.1, 0.15) is 17.5 Å². The van der Waals surface area contributed by atoms with Gasteiger partial charge in [-0.2, -0.15) is 0 Å². The maximum absolute atomic E-state index is 13.9. The summed E-state index contributed by atoms with van der Waals surface area (Å²) in [5.41, 5.74) is 1.56. The first-order valence-corrected chi connectivity index (χ1v) is 8.05. The average Bonchev–Trinajstić information content (AvgIpc) is 3.22. The number of halogens is 2. The molecule has 128 valence electrons. The van der Waals surface area contributed by atoms with E-state index in [2.05, 4.69) is 9.97 Å². The molecule has 1 amide bonds. The maximum atomic E-state index is 13.9. The molecule has 1 saturated heterocycles. The summed E-state index contributed by atoms with van der Waals surface area (Å²) in [5.74, 6) is -0.886. The van der Waals surface area contributed by atoms with Gasteiger partial charge in [-0.1, -0.05) is 0 Å². The third kappa shape index (κ3) is 2.65. The van der Waals surface area contributed by atoms with Gasteiger partial charge in [0.15, 0.2) is 0 Å². The molecule has 1 aliphatic rings. The van der Waals surface area contributed by atoms with Crippen molar-refractivity contribution in [3.63, 3.8) is 0 Å². The van der Waals surface area contributed by atoms with Crippen molar-refractivity contribution in [3.05, 3.63) is 59.7 Å². The van der Waals surface area contributed by atoms with Crippen LogP contribution in [-0.2, 0) is 7.05 Å². The predicted octanol–water partition coefficient (Wildman–Crippen LogP) is 2.88. The van der Waals surface area contributed by atoms with Crippen LogP contribution in [0.5, 0.6) is 0 Å². The summed E-state index contributed by atoms with van der Waals surface area (Å²) >= 11 is 0. The highest BCUT2D eigenvalue weighted by molar-refractivity contribution is 5.94. The highest BCUT2D eigenvalue weighted by Gasteiger charge is 2.32. The van der Waals surface area contributed by atoms with Gasteiger partial charge in [0, 0.05) is 32.3 Å². The Hall–Kier alpha value is -2.83. The molecule has 1 fully saturated rings. The smallest absolute Gasteiger partial charge is 0.256 e. The summed E-state index contributed by atoms with van der Waals surface area (Å²) in [6.45, 7) is 0.917. The van der Waals surface area contributed by atoms with E-state index in [9.17, 15) is 13.6 Å². The Morgan fingerprint density at radius 2 is 2.12 bits per heavy atom. The van der Waals surface area contributed by atoms with Gasteiger partial charge >= 0.3 is 0 Å². The highest BCUT2D eigenvalue weighted by Crippen LogP contribution is 2.29. The number of benzene rings is 1. The number of carbonyl (C=O) groups is 1. The fourth-order valence-electron chi connectivity index (χ4n) is 3.41. The average molecular weight is 342 g/mol. The monoisotopic (exact) mass is 342 g/mol. The van der Waals surface area contributed by atoms with Crippen molar-refractivity contribution >= 4 is 16.9 Å². The molecule has 2 aromatic heterocycles. The topological polar surface area (TPSA) is 51.0 Å². The minimum Gasteiger partial charge on any atom is -0.338 e. The number of aromatic nitrogens is 3. The lowest BCUT2D eigenvalue weighted by Gasteiger charge is -2.17. The van der Waals surface area contributed by atoms with Gasteiger partial charge in [-0.15, -0.1) is 0 Å². The van der Waals surface area contributed by atoms with Crippen LogP contribution in [-0.4, -0.2) is 38.4 Å². The molecule has 1 aliphatic heterocycles. The van der Waals surface area contributed by atoms with E-state index in [1.54, 1.807) is 17.3 Å². The third-order valence-electron chi connectivity index (χ3n) is 4.72. The van der Waals surface area contributed by atoms with E-state index in [1.807, 2.05) is 17.7 Å². The number of imidazole rings is 1. The fourth-order valence-corrected chi connectivity index (χ4v) is 3.41. The predicted molar refractivity (Wildman–Crippen MR) is 88.1 cm³/mol. The van der Waals surface area contributed by atoms with Crippen LogP contribution >= 0.6 is 0 Å². The van der Waals surface area contributed by atoms with Gasteiger partial charge in [-0.25, -0.2) is 13.8 Å². The molecule has 3 aromatic rings. The van der Waals surface area contributed by atoms with Crippen LogP contribution in [0.25, 0.3) is 11.0 Å². The number of aryl methyl sites for hydroxylation is 1. The van der Waals surface area contributed by atoms with Crippen LogP contribution in [0.4, 0.5) is 8.78 Å². The van der Waals surface area contributed by atoms with Crippen molar-refractivity contribution in [1.82, 2.24) is 19.4 Å². The number of likely N-dealkylation sites (tertiary alicyclic amines) is 1. The largest absolute Gasteiger partial charge is 0.338 e. The molecule has 0 bridgehead atoms. The second-order valence-electron chi connectivity index (χ2n) is 6.25. The van der Waals surface area contributed by atoms with Crippen LogP contribution in [0, 0.1) is 11.6 Å². The molecule has 1 unspecified atom stereocenters. The third-order valence-corrected chi connectivity index (χ3v) is 4.72. The van der Waals surface area contributed by atoms with Crippen LogP contribution < -0.4 is 0 Å². The second-order valence-corrected chi connectivity index (χ2v) is 6.25. The van der Waals surface area contributed by atoms with E-state index >= 15 is 0 Å². The van der Waals surface area contributed by atoms with Crippen molar-refractivity contribution in [2.75, 3.05) is 13.1 Å². The molecule has 0 saturated carbocycles. The molecule has 7 heteroatoms. The van der Waals surface area contributed by atoms with Gasteiger partial charge in [-0.3, -0.25) is 9.78 Å². The minimum absolute atomic E-state index is 0.0537. The first kappa shape index (κ1) is 15.7. The molecule has 3 heterocycles. The van der Waals surface area contributed by atoms with Gasteiger partial charge < -0.3 is 9.47 Å². The van der Waals surface area contributed by atoms with Gasteiger partial charge in [0.05, 0.1) is 22.8 Å². The molecule has 0 spiro atoms. The minimum atomic E-state index is -0.705. The zero-order valence-corrected chi connectivity index (χ0v) is 13.6. The summed E-state index contributed by atoms with van der Waals surface area (Å²) < 4.78 is 29.2. The van der Waals surface area contributed by atoms with Crippen LogP contribution in [0.1, 0.15) is 28.5 Å². The van der Waals surface area contributed by atoms with E-state index in [-0.39, 0.29) is 11.5 Å².